The number of ether oxygens (including phenoxy) is 1. The maximum absolute atomic E-state index is 13.5. The van der Waals surface area contributed by atoms with E-state index in [1.54, 1.807) is 19.2 Å². The highest BCUT2D eigenvalue weighted by Crippen LogP contribution is 2.26. The molecule has 0 saturated carbocycles. The molecule has 0 radical (unpaired) electrons. The molecule has 2 atom stereocenters. The molecule has 0 aliphatic carbocycles. The molecular weight excluding hydrogens is 259 g/mol. The van der Waals surface area contributed by atoms with Crippen molar-refractivity contribution in [2.75, 3.05) is 38.8 Å². The van der Waals surface area contributed by atoms with Gasteiger partial charge in [0.25, 0.3) is 0 Å². The van der Waals surface area contributed by atoms with Crippen molar-refractivity contribution in [1.29, 1.82) is 0 Å². The van der Waals surface area contributed by atoms with E-state index in [4.69, 9.17) is 4.74 Å². The Morgan fingerprint density at radius 3 is 2.75 bits per heavy atom. The molecule has 0 aliphatic heterocycles. The van der Waals surface area contributed by atoms with Crippen LogP contribution in [-0.4, -0.2) is 45.1 Å². The summed E-state index contributed by atoms with van der Waals surface area (Å²) in [6.07, 6.45) is -0.572. The maximum atomic E-state index is 13.5. The summed E-state index contributed by atoms with van der Waals surface area (Å²) in [7, 11) is 3.44. The van der Waals surface area contributed by atoms with E-state index in [1.165, 1.54) is 6.07 Å². The number of benzene rings is 1. The van der Waals surface area contributed by atoms with Gasteiger partial charge >= 0.3 is 0 Å². The van der Waals surface area contributed by atoms with Crippen LogP contribution in [0.1, 0.15) is 25.5 Å². The first-order valence-electron chi connectivity index (χ1n) is 6.90. The molecule has 0 amide bonds. The molecule has 0 aliphatic rings. The number of nitrogens with one attached hydrogen (secondary N) is 1. The van der Waals surface area contributed by atoms with Gasteiger partial charge in [0.2, 0.25) is 0 Å². The van der Waals surface area contributed by atoms with E-state index < -0.39 is 6.10 Å². The molecule has 1 aromatic carbocycles. The van der Waals surface area contributed by atoms with Crippen molar-refractivity contribution in [3.8, 4) is 0 Å². The van der Waals surface area contributed by atoms with Crippen LogP contribution in [0.25, 0.3) is 0 Å². The topological polar surface area (TPSA) is 44.7 Å². The number of halogens is 1. The Kier molecular flexibility index (Phi) is 6.91. The lowest BCUT2D eigenvalue weighted by Gasteiger charge is -2.27. The van der Waals surface area contributed by atoms with Gasteiger partial charge in [-0.25, -0.2) is 4.39 Å². The third-order valence-corrected chi connectivity index (χ3v) is 3.22. The molecule has 2 N–H and O–H groups in total. The lowest BCUT2D eigenvalue weighted by Crippen LogP contribution is -2.33. The number of nitrogens with zero attached hydrogens (tertiary/aromatic N) is 1. The van der Waals surface area contributed by atoms with Crippen LogP contribution in [0.3, 0.4) is 0 Å². The molecule has 1 aromatic rings. The molecule has 0 heterocycles. The summed E-state index contributed by atoms with van der Waals surface area (Å²) in [6.45, 7) is 5.55. The lowest BCUT2D eigenvalue weighted by atomic mass is 10.0. The zero-order chi connectivity index (χ0) is 15.1. The standard InChI is InChI=1S/C15H25FN2O2/c1-5-17-11(2)14-8-12(16)6-7-15(14)18(3)9-13(19)10-20-4/h6-8,11,13,17,19H,5,9-10H2,1-4H3. The van der Waals surface area contributed by atoms with Crippen molar-refractivity contribution in [3.63, 3.8) is 0 Å². The van der Waals surface area contributed by atoms with Gasteiger partial charge in [0.15, 0.2) is 0 Å². The summed E-state index contributed by atoms with van der Waals surface area (Å²) >= 11 is 0. The van der Waals surface area contributed by atoms with Gasteiger partial charge in [0, 0.05) is 32.4 Å². The van der Waals surface area contributed by atoms with Gasteiger partial charge in [-0.05, 0) is 37.2 Å². The molecule has 0 aromatic heterocycles. The van der Waals surface area contributed by atoms with Crippen LogP contribution in [0, 0.1) is 5.82 Å². The molecule has 20 heavy (non-hydrogen) atoms. The van der Waals surface area contributed by atoms with E-state index in [1.807, 2.05) is 25.8 Å². The van der Waals surface area contributed by atoms with Gasteiger partial charge in [-0.15, -0.1) is 0 Å². The van der Waals surface area contributed by atoms with Crippen molar-refractivity contribution in [2.24, 2.45) is 0 Å². The molecule has 4 nitrogen and oxygen atoms in total. The Morgan fingerprint density at radius 2 is 2.15 bits per heavy atom. The average molecular weight is 284 g/mol. The fourth-order valence-corrected chi connectivity index (χ4v) is 2.30. The van der Waals surface area contributed by atoms with Crippen LogP contribution >= 0.6 is 0 Å². The van der Waals surface area contributed by atoms with E-state index >= 15 is 0 Å². The number of likely N-dealkylation sites (N-methyl/N-ethyl adjacent to an activating group) is 1. The summed E-state index contributed by atoms with van der Waals surface area (Å²) in [4.78, 5) is 1.92. The summed E-state index contributed by atoms with van der Waals surface area (Å²) in [5.74, 6) is -0.251. The number of rotatable bonds is 8. The maximum Gasteiger partial charge on any atom is 0.123 e. The molecule has 2 unspecified atom stereocenters. The zero-order valence-corrected chi connectivity index (χ0v) is 12.7. The Hall–Kier alpha value is -1.17. The number of aliphatic hydroxyl groups is 1. The molecule has 5 heteroatoms. The fraction of sp³-hybridized carbons (Fsp3) is 0.600. The monoisotopic (exact) mass is 284 g/mol. The molecule has 1 rings (SSSR count). The van der Waals surface area contributed by atoms with E-state index in [2.05, 4.69) is 5.32 Å². The minimum atomic E-state index is -0.572. The number of anilines is 1. The second kappa shape index (κ2) is 8.19. The quantitative estimate of drug-likeness (QED) is 0.766. The van der Waals surface area contributed by atoms with Gasteiger partial charge < -0.3 is 20.1 Å². The number of methoxy groups -OCH3 is 1. The largest absolute Gasteiger partial charge is 0.389 e. The zero-order valence-electron chi connectivity index (χ0n) is 12.7. The normalized spacial score (nSPS) is 14.1. The second-order valence-electron chi connectivity index (χ2n) is 4.97. The highest BCUT2D eigenvalue weighted by Gasteiger charge is 2.16. The molecule has 114 valence electrons. The van der Waals surface area contributed by atoms with Crippen LogP contribution < -0.4 is 10.2 Å². The summed E-state index contributed by atoms with van der Waals surface area (Å²) in [5, 5.41) is 13.1. The number of aliphatic hydroxyl groups excluding tert-OH is 1. The van der Waals surface area contributed by atoms with Crippen LogP contribution in [-0.2, 0) is 4.74 Å². The first kappa shape index (κ1) is 16.9. The average Bonchev–Trinajstić information content (AvgIpc) is 2.38. The van der Waals surface area contributed by atoms with Crippen LogP contribution in [0.5, 0.6) is 0 Å². The third kappa shape index (κ3) is 4.74. The van der Waals surface area contributed by atoms with Crippen molar-refractivity contribution < 1.29 is 14.2 Å². The van der Waals surface area contributed by atoms with Crippen LogP contribution in [0.2, 0.25) is 0 Å². The van der Waals surface area contributed by atoms with Crippen molar-refractivity contribution in [1.82, 2.24) is 5.32 Å². The predicted octanol–water partition coefficient (Wildman–Crippen LogP) is 1.94. The van der Waals surface area contributed by atoms with Gasteiger partial charge in [0.1, 0.15) is 5.82 Å². The minimum Gasteiger partial charge on any atom is -0.389 e. The summed E-state index contributed by atoms with van der Waals surface area (Å²) in [6, 6.07) is 4.78. The third-order valence-electron chi connectivity index (χ3n) is 3.22. The van der Waals surface area contributed by atoms with Crippen molar-refractivity contribution in [2.45, 2.75) is 26.0 Å². The summed E-state index contributed by atoms with van der Waals surface area (Å²) in [5.41, 5.74) is 1.80. The van der Waals surface area contributed by atoms with Crippen molar-refractivity contribution in [3.05, 3.63) is 29.6 Å². The number of hydrogen-bond acceptors (Lipinski definition) is 4. The van der Waals surface area contributed by atoms with Crippen LogP contribution in [0.15, 0.2) is 18.2 Å². The Morgan fingerprint density at radius 1 is 1.45 bits per heavy atom. The Balaban J connectivity index is 2.92. The smallest absolute Gasteiger partial charge is 0.123 e. The van der Waals surface area contributed by atoms with E-state index in [9.17, 15) is 9.50 Å². The molecule has 0 fully saturated rings. The highest BCUT2D eigenvalue weighted by molar-refractivity contribution is 5.54. The first-order valence-corrected chi connectivity index (χ1v) is 6.90. The molecule has 0 spiro atoms. The second-order valence-corrected chi connectivity index (χ2v) is 4.97. The molecule has 0 bridgehead atoms. The van der Waals surface area contributed by atoms with E-state index in [0.29, 0.717) is 6.54 Å². The minimum absolute atomic E-state index is 0.0488. The Bertz CT molecular complexity index is 415. The van der Waals surface area contributed by atoms with E-state index in [-0.39, 0.29) is 18.5 Å². The van der Waals surface area contributed by atoms with Crippen LogP contribution in [0.4, 0.5) is 10.1 Å². The summed E-state index contributed by atoms with van der Waals surface area (Å²) < 4.78 is 18.4. The van der Waals surface area contributed by atoms with Gasteiger partial charge in [-0.3, -0.25) is 0 Å². The Labute approximate surface area is 120 Å². The highest BCUT2D eigenvalue weighted by atomic mass is 19.1. The molecular formula is C15H25FN2O2. The lowest BCUT2D eigenvalue weighted by molar-refractivity contribution is 0.0695. The molecule has 0 saturated heterocycles. The van der Waals surface area contributed by atoms with Gasteiger partial charge in [0.05, 0.1) is 12.7 Å². The number of hydrogen-bond donors (Lipinski definition) is 2. The van der Waals surface area contributed by atoms with E-state index in [0.717, 1.165) is 17.8 Å². The van der Waals surface area contributed by atoms with Gasteiger partial charge in [-0.1, -0.05) is 6.92 Å². The first-order chi connectivity index (χ1) is 9.49. The fourth-order valence-electron chi connectivity index (χ4n) is 2.30. The predicted molar refractivity (Wildman–Crippen MR) is 79.6 cm³/mol. The van der Waals surface area contributed by atoms with Gasteiger partial charge in [-0.2, -0.15) is 0 Å². The van der Waals surface area contributed by atoms with Crippen molar-refractivity contribution >= 4 is 5.69 Å². The SMILES string of the molecule is CCNC(C)c1cc(F)ccc1N(C)CC(O)COC.